The molecule has 3 N–H and O–H groups in total. The molecule has 232 valence electrons. The summed E-state index contributed by atoms with van der Waals surface area (Å²) in [5.41, 5.74) is 5.89. The Hall–Kier alpha value is -3.98. The number of aromatic nitrogens is 2. The Labute approximate surface area is 258 Å². The van der Waals surface area contributed by atoms with Crippen molar-refractivity contribution in [2.45, 2.75) is 43.7 Å². The molecule has 3 aromatic rings. The van der Waals surface area contributed by atoms with Gasteiger partial charge >= 0.3 is 19.8 Å². The topological polar surface area (TPSA) is 233 Å². The fourth-order valence-electron chi connectivity index (χ4n) is 3.97. The number of benzene rings is 2. The molecule has 0 amide bonds. The number of rotatable bonds is 11. The van der Waals surface area contributed by atoms with E-state index in [1.54, 1.807) is 24.3 Å². The van der Waals surface area contributed by atoms with Gasteiger partial charge in [-0.2, -0.15) is 0 Å². The van der Waals surface area contributed by atoms with Crippen LogP contribution in [0.5, 0.6) is 11.5 Å². The SMILES string of the molecule is C[C@@H](N=[P+]([O-])Oc1ccc(Cl)c(Cl)c1OC[C@@]1(N=[N+]=[N-])O[C@@H](n2ccc(=O)[nH]c2=O)[C@H](O)[C@@H]1O)C(=O)OCc1ccccc1. The summed E-state index contributed by atoms with van der Waals surface area (Å²) >= 11 is 12.4. The number of aliphatic hydroxyl groups is 2. The van der Waals surface area contributed by atoms with Gasteiger partial charge in [0.05, 0.1) is 5.02 Å². The smallest absolute Gasteiger partial charge is 0.395 e. The van der Waals surface area contributed by atoms with Crippen molar-refractivity contribution < 1.29 is 38.6 Å². The highest BCUT2D eigenvalue weighted by atomic mass is 35.5. The lowest BCUT2D eigenvalue weighted by atomic mass is 10.1. The number of esters is 1. The van der Waals surface area contributed by atoms with Crippen LogP contribution in [-0.4, -0.2) is 56.3 Å². The van der Waals surface area contributed by atoms with Gasteiger partial charge in [-0.3, -0.25) is 18.9 Å². The van der Waals surface area contributed by atoms with Gasteiger partial charge < -0.3 is 29.3 Å². The van der Waals surface area contributed by atoms with E-state index in [4.69, 9.17) is 41.9 Å². The summed E-state index contributed by atoms with van der Waals surface area (Å²) in [6.07, 6.45) is -4.41. The monoisotopic (exact) mass is 668 g/mol. The van der Waals surface area contributed by atoms with Gasteiger partial charge in [0.25, 0.3) is 5.56 Å². The molecule has 0 radical (unpaired) electrons. The van der Waals surface area contributed by atoms with Gasteiger partial charge in [0, 0.05) is 17.2 Å². The molecule has 19 heteroatoms. The number of hydrogen-bond acceptors (Lipinski definition) is 12. The molecule has 1 saturated heterocycles. The molecule has 6 atom stereocenters. The predicted molar refractivity (Wildman–Crippen MR) is 153 cm³/mol. The van der Waals surface area contributed by atoms with E-state index >= 15 is 0 Å². The van der Waals surface area contributed by atoms with E-state index in [2.05, 4.69) is 14.8 Å². The molecule has 0 aliphatic carbocycles. The van der Waals surface area contributed by atoms with Crippen LogP contribution in [0.15, 0.2) is 74.2 Å². The molecule has 1 aromatic heterocycles. The second-order valence-corrected chi connectivity index (χ2v) is 10.9. The number of ether oxygens (including phenoxy) is 3. The number of carbonyl (C=O) groups is 1. The molecule has 0 saturated carbocycles. The summed E-state index contributed by atoms with van der Waals surface area (Å²) in [6, 6.07) is 11.2. The van der Waals surface area contributed by atoms with E-state index in [-0.39, 0.29) is 28.2 Å². The lowest BCUT2D eigenvalue weighted by molar-refractivity contribution is -0.170. The first-order chi connectivity index (χ1) is 21.0. The van der Waals surface area contributed by atoms with Crippen LogP contribution in [0.25, 0.3) is 10.4 Å². The van der Waals surface area contributed by atoms with E-state index in [1.807, 2.05) is 11.1 Å². The zero-order chi connectivity index (χ0) is 32.0. The maximum absolute atomic E-state index is 12.7. The van der Waals surface area contributed by atoms with Gasteiger partial charge in [-0.25, -0.2) is 9.59 Å². The number of hydrogen-bond donors (Lipinski definition) is 3. The van der Waals surface area contributed by atoms with Gasteiger partial charge in [-0.1, -0.05) is 63.4 Å². The molecule has 1 unspecified atom stereocenters. The molecular weight excluding hydrogens is 646 g/mol. The Morgan fingerprint density at radius 3 is 2.66 bits per heavy atom. The first kappa shape index (κ1) is 32.9. The van der Waals surface area contributed by atoms with E-state index in [1.165, 1.54) is 19.1 Å². The van der Waals surface area contributed by atoms with Crippen molar-refractivity contribution in [3.05, 3.63) is 102 Å². The van der Waals surface area contributed by atoms with Crippen LogP contribution in [0.1, 0.15) is 18.7 Å². The zero-order valence-electron chi connectivity index (χ0n) is 22.5. The third-order valence-corrected chi connectivity index (χ3v) is 7.86. The van der Waals surface area contributed by atoms with E-state index < -0.39 is 62.2 Å². The quantitative estimate of drug-likeness (QED) is 0.0887. The Morgan fingerprint density at radius 2 is 1.98 bits per heavy atom. The third-order valence-electron chi connectivity index (χ3n) is 6.19. The van der Waals surface area contributed by atoms with Gasteiger partial charge in [0.15, 0.2) is 18.0 Å². The minimum absolute atomic E-state index is 0.0186. The predicted octanol–water partition coefficient (Wildman–Crippen LogP) is 2.55. The highest BCUT2D eigenvalue weighted by Crippen LogP contribution is 2.45. The lowest BCUT2D eigenvalue weighted by Crippen LogP contribution is -2.46. The van der Waals surface area contributed by atoms with Crippen LogP contribution in [0.2, 0.25) is 10.0 Å². The fraction of sp³-hybridized carbons (Fsp3) is 0.320. The highest BCUT2D eigenvalue weighted by Gasteiger charge is 2.56. The summed E-state index contributed by atoms with van der Waals surface area (Å²) < 4.78 is 26.4. The maximum Gasteiger partial charge on any atom is 0.395 e. The van der Waals surface area contributed by atoms with Crippen LogP contribution in [0.4, 0.5) is 0 Å². The van der Waals surface area contributed by atoms with Crippen LogP contribution >= 0.6 is 31.4 Å². The second kappa shape index (κ2) is 14.2. The number of H-pyrrole nitrogens is 1. The molecule has 16 nitrogen and oxygen atoms in total. The number of nitrogens with zero attached hydrogens (tertiary/aromatic N) is 5. The number of carbonyl (C=O) groups excluding carboxylic acids is 1. The van der Waals surface area contributed by atoms with Crippen molar-refractivity contribution in [2.24, 2.45) is 9.86 Å². The Balaban J connectivity index is 1.53. The number of halogens is 2. The second-order valence-electron chi connectivity index (χ2n) is 9.19. The zero-order valence-corrected chi connectivity index (χ0v) is 24.9. The van der Waals surface area contributed by atoms with Crippen molar-refractivity contribution >= 4 is 37.3 Å². The van der Waals surface area contributed by atoms with Crippen molar-refractivity contribution in [3.63, 3.8) is 0 Å². The molecule has 4 rings (SSSR count). The van der Waals surface area contributed by atoms with Crippen molar-refractivity contribution in [1.82, 2.24) is 9.55 Å². The molecule has 1 aliphatic heterocycles. The first-order valence-corrected chi connectivity index (χ1v) is 14.4. The number of nitrogens with one attached hydrogen (secondary N) is 1. The number of azide groups is 1. The largest absolute Gasteiger partial charge is 0.575 e. The van der Waals surface area contributed by atoms with Crippen LogP contribution in [0.3, 0.4) is 0 Å². The first-order valence-electron chi connectivity index (χ1n) is 12.5. The van der Waals surface area contributed by atoms with Crippen molar-refractivity contribution in [3.8, 4) is 11.5 Å². The molecule has 2 heterocycles. The summed E-state index contributed by atoms with van der Waals surface area (Å²) in [5, 5.41) is 24.6. The molecule has 0 bridgehead atoms. The van der Waals surface area contributed by atoms with Gasteiger partial charge in [-0.05, 0) is 30.2 Å². The van der Waals surface area contributed by atoms with Gasteiger partial charge in [0.2, 0.25) is 11.5 Å². The van der Waals surface area contributed by atoms with Crippen molar-refractivity contribution in [2.75, 3.05) is 6.61 Å². The van der Waals surface area contributed by atoms with Crippen LogP contribution < -0.4 is 25.4 Å². The third kappa shape index (κ3) is 7.38. The Kier molecular flexibility index (Phi) is 10.6. The Morgan fingerprint density at radius 1 is 1.25 bits per heavy atom. The standard InChI is InChI=1S/C25H23Cl2N6O10P/c1-13(23(37)40-11-14-5-3-2-4-6-14)30-44(39)43-16-8-7-15(26)18(27)20(16)41-12-25(31-32-28)21(36)19(35)22(42-25)33-10-9-17(34)29-24(33)38/h2-10,13,19,21-22,35-36H,11-12H2,1H3,(H,29,34,38)/t13-,19-,21+,22-,25-/m1/s1. The molecule has 1 aliphatic rings. The summed E-state index contributed by atoms with van der Waals surface area (Å²) in [6.45, 7) is 0.500. The molecule has 0 spiro atoms. The fourth-order valence-corrected chi connectivity index (χ4v) is 5.06. The average Bonchev–Trinajstić information content (AvgIpc) is 3.23. The average molecular weight is 669 g/mol. The van der Waals surface area contributed by atoms with Crippen molar-refractivity contribution in [1.29, 1.82) is 0 Å². The number of aliphatic hydroxyl groups excluding tert-OH is 2. The lowest BCUT2D eigenvalue weighted by Gasteiger charge is -2.27. The van der Waals surface area contributed by atoms with Crippen LogP contribution in [-0.2, 0) is 20.9 Å². The normalized spacial score (nSPS) is 22.1. The highest BCUT2D eigenvalue weighted by molar-refractivity contribution is 7.34. The van der Waals surface area contributed by atoms with E-state index in [0.29, 0.717) is 0 Å². The minimum Gasteiger partial charge on any atom is -0.575 e. The Bertz CT molecular complexity index is 1720. The molecular formula is C25H23Cl2N6O10P. The molecule has 44 heavy (non-hydrogen) atoms. The van der Waals surface area contributed by atoms with Crippen LogP contribution in [0, 0.1) is 0 Å². The van der Waals surface area contributed by atoms with Gasteiger partial charge in [-0.15, -0.1) is 0 Å². The minimum atomic E-state index is -2.91. The summed E-state index contributed by atoms with van der Waals surface area (Å²) in [4.78, 5) is 53.4. The van der Waals surface area contributed by atoms with Gasteiger partial charge in [0.1, 0.15) is 30.4 Å². The van der Waals surface area contributed by atoms with E-state index in [0.717, 1.165) is 22.4 Å². The molecule has 1 fully saturated rings. The maximum atomic E-state index is 12.7. The summed E-state index contributed by atoms with van der Waals surface area (Å²) in [7, 11) is -2.91. The van der Waals surface area contributed by atoms with E-state index in [9.17, 15) is 35.0 Å². The summed E-state index contributed by atoms with van der Waals surface area (Å²) in [5.74, 6) is -1.38. The number of aromatic amines is 1. The molecule has 2 aromatic carbocycles.